The smallest absolute Gasteiger partial charge is 0.257 e. The SMILES string of the molecule is CCOc1ccccc1N1CCN(C(=O)c2cnc3cc(-c4ccccc4)nn3c2CC)CC1. The van der Waals surface area contributed by atoms with E-state index in [-0.39, 0.29) is 5.91 Å². The second kappa shape index (κ2) is 9.55. The number of hydrogen-bond acceptors (Lipinski definition) is 5. The molecule has 7 heteroatoms. The highest BCUT2D eigenvalue weighted by Gasteiger charge is 2.26. The predicted octanol–water partition coefficient (Wildman–Crippen LogP) is 4.32. The van der Waals surface area contributed by atoms with Crippen molar-refractivity contribution >= 4 is 17.2 Å². The third kappa shape index (κ3) is 4.09. The fourth-order valence-electron chi connectivity index (χ4n) is 4.57. The van der Waals surface area contributed by atoms with E-state index in [1.807, 2.05) is 70.9 Å². The predicted molar refractivity (Wildman–Crippen MR) is 134 cm³/mol. The molecule has 5 rings (SSSR count). The molecule has 1 saturated heterocycles. The van der Waals surface area contributed by atoms with Crippen LogP contribution >= 0.6 is 0 Å². The summed E-state index contributed by atoms with van der Waals surface area (Å²) >= 11 is 0. The van der Waals surface area contributed by atoms with Crippen LogP contribution in [0, 0.1) is 0 Å². The minimum Gasteiger partial charge on any atom is -0.492 e. The van der Waals surface area contributed by atoms with Gasteiger partial charge in [0.1, 0.15) is 5.75 Å². The van der Waals surface area contributed by atoms with Gasteiger partial charge in [0.15, 0.2) is 5.65 Å². The first kappa shape index (κ1) is 21.9. The number of aryl methyl sites for hydroxylation is 1. The maximum absolute atomic E-state index is 13.5. The Labute approximate surface area is 199 Å². The van der Waals surface area contributed by atoms with Crippen molar-refractivity contribution in [2.45, 2.75) is 20.3 Å². The number of anilines is 1. The Balaban J connectivity index is 1.37. The normalized spacial score (nSPS) is 13.9. The molecule has 34 heavy (non-hydrogen) atoms. The fourth-order valence-corrected chi connectivity index (χ4v) is 4.57. The Morgan fingerprint density at radius 1 is 0.971 bits per heavy atom. The first-order chi connectivity index (χ1) is 16.7. The van der Waals surface area contributed by atoms with Crippen molar-refractivity contribution in [2.75, 3.05) is 37.7 Å². The molecule has 3 heterocycles. The lowest BCUT2D eigenvalue weighted by molar-refractivity contribution is 0.0744. The van der Waals surface area contributed by atoms with Gasteiger partial charge in [0.25, 0.3) is 5.91 Å². The van der Waals surface area contributed by atoms with Crippen LogP contribution in [0.4, 0.5) is 5.69 Å². The van der Waals surface area contributed by atoms with Crippen LogP contribution in [0.2, 0.25) is 0 Å². The number of piperazine rings is 1. The number of aromatic nitrogens is 3. The zero-order valence-electron chi connectivity index (χ0n) is 19.6. The number of carbonyl (C=O) groups is 1. The largest absolute Gasteiger partial charge is 0.492 e. The summed E-state index contributed by atoms with van der Waals surface area (Å²) in [5.74, 6) is 0.904. The molecule has 0 aliphatic carbocycles. The maximum Gasteiger partial charge on any atom is 0.257 e. The monoisotopic (exact) mass is 455 g/mol. The summed E-state index contributed by atoms with van der Waals surface area (Å²) in [5.41, 5.74) is 5.24. The van der Waals surface area contributed by atoms with E-state index in [9.17, 15) is 4.79 Å². The lowest BCUT2D eigenvalue weighted by atomic mass is 10.1. The molecule has 0 bridgehead atoms. The summed E-state index contributed by atoms with van der Waals surface area (Å²) in [5, 5.41) is 4.78. The molecule has 174 valence electrons. The van der Waals surface area contributed by atoms with Gasteiger partial charge in [0.05, 0.1) is 29.2 Å². The molecule has 1 aliphatic heterocycles. The molecule has 0 atom stereocenters. The van der Waals surface area contributed by atoms with Gasteiger partial charge in [0.2, 0.25) is 0 Å². The first-order valence-electron chi connectivity index (χ1n) is 11.9. The van der Waals surface area contributed by atoms with E-state index in [0.29, 0.717) is 31.7 Å². The number of hydrogen-bond donors (Lipinski definition) is 0. The standard InChI is InChI=1S/C27H29N5O2/c1-3-23-21(19-28-26-18-22(29-32(23)26)20-10-6-5-7-11-20)27(33)31-16-14-30(15-17-31)24-12-8-9-13-25(24)34-4-2/h5-13,18-19H,3-4,14-17H2,1-2H3. The molecule has 2 aromatic carbocycles. The number of nitrogens with zero attached hydrogens (tertiary/aromatic N) is 5. The summed E-state index contributed by atoms with van der Waals surface area (Å²) in [4.78, 5) is 22.3. The average Bonchev–Trinajstić information content (AvgIpc) is 3.33. The van der Waals surface area contributed by atoms with Crippen molar-refractivity contribution in [1.82, 2.24) is 19.5 Å². The molecule has 0 radical (unpaired) electrons. The zero-order chi connectivity index (χ0) is 23.5. The Bertz CT molecular complexity index is 1290. The summed E-state index contributed by atoms with van der Waals surface area (Å²) in [6, 6.07) is 20.1. The van der Waals surface area contributed by atoms with E-state index < -0.39 is 0 Å². The van der Waals surface area contributed by atoms with Gasteiger partial charge in [0, 0.05) is 44.0 Å². The van der Waals surface area contributed by atoms with E-state index in [0.717, 1.165) is 47.1 Å². The Kier molecular flexibility index (Phi) is 6.16. The van der Waals surface area contributed by atoms with Crippen LogP contribution in [0.5, 0.6) is 5.75 Å². The molecule has 0 spiro atoms. The average molecular weight is 456 g/mol. The third-order valence-corrected chi connectivity index (χ3v) is 6.29. The number of amides is 1. The van der Waals surface area contributed by atoms with Gasteiger partial charge in [-0.25, -0.2) is 9.50 Å². The minimum absolute atomic E-state index is 0.0146. The van der Waals surface area contributed by atoms with Crippen molar-refractivity contribution in [1.29, 1.82) is 0 Å². The van der Waals surface area contributed by atoms with Crippen LogP contribution in [0.1, 0.15) is 29.9 Å². The molecule has 0 saturated carbocycles. The zero-order valence-corrected chi connectivity index (χ0v) is 19.6. The highest BCUT2D eigenvalue weighted by molar-refractivity contribution is 5.95. The lowest BCUT2D eigenvalue weighted by Gasteiger charge is -2.36. The number of fused-ring (bicyclic) bond motifs is 1. The molecular formula is C27H29N5O2. The van der Waals surface area contributed by atoms with E-state index in [1.54, 1.807) is 6.20 Å². The molecule has 4 aromatic rings. The van der Waals surface area contributed by atoms with Crippen LogP contribution in [-0.4, -0.2) is 58.2 Å². The van der Waals surface area contributed by atoms with Gasteiger partial charge in [-0.1, -0.05) is 49.4 Å². The van der Waals surface area contributed by atoms with Crippen molar-refractivity contribution in [3.05, 3.63) is 78.1 Å². The topological polar surface area (TPSA) is 63.0 Å². The number of carbonyl (C=O) groups excluding carboxylic acids is 1. The van der Waals surface area contributed by atoms with Gasteiger partial charge < -0.3 is 14.5 Å². The Morgan fingerprint density at radius 3 is 2.44 bits per heavy atom. The van der Waals surface area contributed by atoms with Crippen LogP contribution in [0.25, 0.3) is 16.9 Å². The molecule has 7 nitrogen and oxygen atoms in total. The molecule has 1 amide bonds. The van der Waals surface area contributed by atoms with Crippen molar-refractivity contribution < 1.29 is 9.53 Å². The molecule has 1 fully saturated rings. The van der Waals surface area contributed by atoms with Crippen molar-refractivity contribution in [3.8, 4) is 17.0 Å². The summed E-state index contributed by atoms with van der Waals surface area (Å²) in [6.45, 7) is 7.48. The van der Waals surface area contributed by atoms with E-state index >= 15 is 0 Å². The molecular weight excluding hydrogens is 426 g/mol. The highest BCUT2D eigenvalue weighted by atomic mass is 16.5. The van der Waals surface area contributed by atoms with Crippen LogP contribution in [0.15, 0.2) is 66.9 Å². The van der Waals surface area contributed by atoms with E-state index in [2.05, 4.69) is 22.9 Å². The Hall–Kier alpha value is -3.87. The van der Waals surface area contributed by atoms with Crippen LogP contribution < -0.4 is 9.64 Å². The van der Waals surface area contributed by atoms with E-state index in [1.165, 1.54) is 0 Å². The summed E-state index contributed by atoms with van der Waals surface area (Å²) < 4.78 is 7.62. The van der Waals surface area contributed by atoms with Gasteiger partial charge in [-0.3, -0.25) is 4.79 Å². The second-order valence-electron chi connectivity index (χ2n) is 8.32. The quantitative estimate of drug-likeness (QED) is 0.433. The van der Waals surface area contributed by atoms with Crippen LogP contribution in [0.3, 0.4) is 0 Å². The fraction of sp³-hybridized carbons (Fsp3) is 0.296. The number of benzene rings is 2. The van der Waals surface area contributed by atoms with Gasteiger partial charge in [-0.2, -0.15) is 5.10 Å². The minimum atomic E-state index is 0.0146. The molecule has 1 aliphatic rings. The van der Waals surface area contributed by atoms with Crippen molar-refractivity contribution in [3.63, 3.8) is 0 Å². The van der Waals surface area contributed by atoms with Crippen molar-refractivity contribution in [2.24, 2.45) is 0 Å². The number of ether oxygens (including phenoxy) is 1. The molecule has 2 aromatic heterocycles. The number of para-hydroxylation sites is 2. The third-order valence-electron chi connectivity index (χ3n) is 6.29. The highest BCUT2D eigenvalue weighted by Crippen LogP contribution is 2.29. The molecule has 0 unspecified atom stereocenters. The number of rotatable bonds is 6. The molecule has 0 N–H and O–H groups in total. The van der Waals surface area contributed by atoms with Gasteiger partial charge >= 0.3 is 0 Å². The maximum atomic E-state index is 13.5. The van der Waals surface area contributed by atoms with Gasteiger partial charge in [-0.05, 0) is 25.5 Å². The lowest BCUT2D eigenvalue weighted by Crippen LogP contribution is -2.49. The van der Waals surface area contributed by atoms with Gasteiger partial charge in [-0.15, -0.1) is 0 Å². The summed E-state index contributed by atoms with van der Waals surface area (Å²) in [7, 11) is 0. The second-order valence-corrected chi connectivity index (χ2v) is 8.32. The summed E-state index contributed by atoms with van der Waals surface area (Å²) in [6.07, 6.45) is 2.40. The van der Waals surface area contributed by atoms with Crippen LogP contribution in [-0.2, 0) is 6.42 Å². The first-order valence-corrected chi connectivity index (χ1v) is 11.9. The Morgan fingerprint density at radius 2 is 1.71 bits per heavy atom. The van der Waals surface area contributed by atoms with E-state index in [4.69, 9.17) is 9.84 Å².